The molecule has 0 saturated heterocycles. The fourth-order valence-corrected chi connectivity index (χ4v) is 4.07. The van der Waals surface area contributed by atoms with Crippen LogP contribution in [0.4, 0.5) is 5.69 Å². The van der Waals surface area contributed by atoms with Crippen molar-refractivity contribution in [1.29, 1.82) is 0 Å². The van der Waals surface area contributed by atoms with Crippen LogP contribution in [0, 0.1) is 0 Å². The second kappa shape index (κ2) is 8.74. The number of rotatable bonds is 8. The molecule has 1 aromatic carbocycles. The molecule has 1 saturated carbocycles. The van der Waals surface area contributed by atoms with Crippen LogP contribution in [0.25, 0.3) is 4.96 Å². The number of amides is 1. The van der Waals surface area contributed by atoms with Gasteiger partial charge in [-0.1, -0.05) is 36.8 Å². The Morgan fingerprint density at radius 3 is 2.87 bits per heavy atom. The maximum atomic E-state index is 12.6. The highest BCUT2D eigenvalue weighted by molar-refractivity contribution is 7.16. The number of carbonyl (C=O) groups is 2. The van der Waals surface area contributed by atoms with E-state index in [-0.39, 0.29) is 23.6 Å². The van der Waals surface area contributed by atoms with Crippen molar-refractivity contribution in [3.05, 3.63) is 57.0 Å². The Morgan fingerprint density at radius 2 is 2.10 bits per heavy atom. The van der Waals surface area contributed by atoms with Crippen LogP contribution in [0.15, 0.2) is 35.1 Å². The third kappa shape index (κ3) is 4.56. The quantitative estimate of drug-likeness (QED) is 0.553. The first kappa shape index (κ1) is 20.2. The summed E-state index contributed by atoms with van der Waals surface area (Å²) in [6.07, 6.45) is 4.27. The lowest BCUT2D eigenvalue weighted by molar-refractivity contribution is -0.116. The van der Waals surface area contributed by atoms with Gasteiger partial charge in [-0.2, -0.15) is 9.61 Å². The number of carbonyl (C=O) groups excluding carboxylic acids is 2. The molecule has 1 amide bonds. The summed E-state index contributed by atoms with van der Waals surface area (Å²) >= 11 is 1.40. The van der Waals surface area contributed by atoms with E-state index in [4.69, 9.17) is 4.74 Å². The average molecular weight is 426 g/mol. The average Bonchev–Trinajstić information content (AvgIpc) is 3.50. The second-order valence-electron chi connectivity index (χ2n) is 7.27. The van der Waals surface area contributed by atoms with Gasteiger partial charge in [0, 0.05) is 18.4 Å². The smallest absolute Gasteiger partial charge is 0.340 e. The Morgan fingerprint density at radius 1 is 1.30 bits per heavy atom. The largest absolute Gasteiger partial charge is 0.456 e. The molecule has 9 heteroatoms. The first-order chi connectivity index (χ1) is 14.5. The van der Waals surface area contributed by atoms with Gasteiger partial charge in [-0.3, -0.25) is 9.59 Å². The lowest BCUT2D eigenvalue weighted by Gasteiger charge is -2.10. The molecule has 3 aromatic rings. The minimum atomic E-state index is -0.591. The third-order valence-electron chi connectivity index (χ3n) is 4.77. The summed E-state index contributed by atoms with van der Waals surface area (Å²) in [5.41, 5.74) is 0.735. The van der Waals surface area contributed by atoms with E-state index in [0.29, 0.717) is 28.7 Å². The van der Waals surface area contributed by atoms with E-state index >= 15 is 0 Å². The normalized spacial score (nSPS) is 13.4. The molecule has 2 heterocycles. The predicted molar refractivity (Wildman–Crippen MR) is 113 cm³/mol. The van der Waals surface area contributed by atoms with Gasteiger partial charge in [-0.05, 0) is 31.4 Å². The number of fused-ring (bicyclic) bond motifs is 1. The van der Waals surface area contributed by atoms with E-state index in [1.807, 2.05) is 6.92 Å². The number of unbranched alkanes of at least 4 members (excludes halogenated alkanes) is 1. The van der Waals surface area contributed by atoms with Crippen LogP contribution in [0.2, 0.25) is 0 Å². The van der Waals surface area contributed by atoms with Gasteiger partial charge < -0.3 is 10.1 Å². The second-order valence-corrected chi connectivity index (χ2v) is 8.26. The Labute approximate surface area is 176 Å². The van der Waals surface area contributed by atoms with Crippen LogP contribution < -0.4 is 10.9 Å². The molecule has 0 bridgehead atoms. The number of nitrogens with one attached hydrogen (secondary N) is 1. The van der Waals surface area contributed by atoms with E-state index in [1.54, 1.807) is 24.3 Å². The fourth-order valence-electron chi connectivity index (χ4n) is 2.98. The molecule has 0 atom stereocenters. The monoisotopic (exact) mass is 426 g/mol. The van der Waals surface area contributed by atoms with E-state index in [1.165, 1.54) is 21.9 Å². The number of nitrogens with zero attached hydrogens (tertiary/aromatic N) is 3. The van der Waals surface area contributed by atoms with Crippen LogP contribution in [0.3, 0.4) is 0 Å². The Hall–Kier alpha value is -3.07. The number of benzene rings is 1. The van der Waals surface area contributed by atoms with Gasteiger partial charge in [0.25, 0.3) is 5.56 Å². The maximum absolute atomic E-state index is 12.6. The molecule has 1 fully saturated rings. The summed E-state index contributed by atoms with van der Waals surface area (Å²) in [4.78, 5) is 41.8. The van der Waals surface area contributed by atoms with E-state index in [0.717, 1.165) is 30.7 Å². The zero-order chi connectivity index (χ0) is 21.1. The Balaban J connectivity index is 1.46. The highest BCUT2D eigenvalue weighted by atomic mass is 32.1. The summed E-state index contributed by atoms with van der Waals surface area (Å²) < 4.78 is 6.67. The topological polar surface area (TPSA) is 103 Å². The van der Waals surface area contributed by atoms with Gasteiger partial charge in [-0.15, -0.1) is 0 Å². The molecule has 30 heavy (non-hydrogen) atoms. The van der Waals surface area contributed by atoms with Gasteiger partial charge >= 0.3 is 5.97 Å². The minimum Gasteiger partial charge on any atom is -0.456 e. The van der Waals surface area contributed by atoms with Crippen molar-refractivity contribution in [3.63, 3.8) is 0 Å². The molecule has 0 unspecified atom stereocenters. The van der Waals surface area contributed by atoms with Gasteiger partial charge in [0.05, 0.1) is 16.9 Å². The molecular formula is C21H22N4O4S. The zero-order valence-corrected chi connectivity index (χ0v) is 17.4. The van der Waals surface area contributed by atoms with Gasteiger partial charge in [0.2, 0.25) is 10.9 Å². The van der Waals surface area contributed by atoms with Gasteiger partial charge in [-0.25, -0.2) is 9.78 Å². The van der Waals surface area contributed by atoms with Crippen molar-refractivity contribution in [3.8, 4) is 0 Å². The maximum Gasteiger partial charge on any atom is 0.340 e. The Kier molecular flexibility index (Phi) is 5.89. The predicted octanol–water partition coefficient (Wildman–Crippen LogP) is 3.51. The highest BCUT2D eigenvalue weighted by Crippen LogP contribution is 2.41. The van der Waals surface area contributed by atoms with Crippen LogP contribution in [-0.2, 0) is 16.1 Å². The van der Waals surface area contributed by atoms with Crippen LogP contribution >= 0.6 is 11.3 Å². The number of ether oxygens (including phenoxy) is 1. The summed E-state index contributed by atoms with van der Waals surface area (Å²) in [5, 5.41) is 8.01. The van der Waals surface area contributed by atoms with Crippen molar-refractivity contribution in [2.24, 2.45) is 0 Å². The van der Waals surface area contributed by atoms with Crippen LogP contribution in [0.5, 0.6) is 0 Å². The Bertz CT molecular complexity index is 1150. The van der Waals surface area contributed by atoms with E-state index < -0.39 is 5.97 Å². The molecule has 8 nitrogen and oxygen atoms in total. The van der Waals surface area contributed by atoms with Crippen molar-refractivity contribution >= 4 is 33.9 Å². The minimum absolute atomic E-state index is 0.140. The van der Waals surface area contributed by atoms with Crippen molar-refractivity contribution < 1.29 is 14.3 Å². The van der Waals surface area contributed by atoms with E-state index in [2.05, 4.69) is 15.4 Å². The van der Waals surface area contributed by atoms with Crippen molar-refractivity contribution in [2.75, 3.05) is 5.32 Å². The molecule has 0 aliphatic heterocycles. The first-order valence-electron chi connectivity index (χ1n) is 10.0. The third-order valence-corrected chi connectivity index (χ3v) is 5.84. The number of anilines is 1. The van der Waals surface area contributed by atoms with Crippen molar-refractivity contribution in [2.45, 2.75) is 51.6 Å². The lowest BCUT2D eigenvalue weighted by atomic mass is 10.1. The number of hydrogen-bond donors (Lipinski definition) is 1. The number of para-hydroxylation sites is 1. The molecule has 2 aromatic heterocycles. The number of esters is 1. The molecule has 0 radical (unpaired) electrons. The molecule has 0 spiro atoms. The van der Waals surface area contributed by atoms with Gasteiger partial charge in [0.15, 0.2) is 0 Å². The number of aromatic nitrogens is 3. The summed E-state index contributed by atoms with van der Waals surface area (Å²) in [6.45, 7) is 1.87. The van der Waals surface area contributed by atoms with Crippen molar-refractivity contribution in [1.82, 2.24) is 14.6 Å². The SMILES string of the molecule is CCCCC(=O)Nc1ccccc1C(=O)OCc1cc(=O)n2nc(C3CC3)sc2n1. The molecule has 1 aliphatic rings. The molecule has 1 aliphatic carbocycles. The first-order valence-corrected chi connectivity index (χ1v) is 10.8. The zero-order valence-electron chi connectivity index (χ0n) is 16.6. The summed E-state index contributed by atoms with van der Waals surface area (Å²) in [7, 11) is 0. The van der Waals surface area contributed by atoms with Gasteiger partial charge in [0.1, 0.15) is 11.6 Å². The fraction of sp³-hybridized carbons (Fsp3) is 0.381. The highest BCUT2D eigenvalue weighted by Gasteiger charge is 2.28. The molecule has 156 valence electrons. The standard InChI is InChI=1S/C21H22N4O4S/c1-2-3-8-17(26)23-16-7-5-4-6-15(16)20(28)29-12-14-11-18(27)25-21(22-14)30-19(24-25)13-9-10-13/h4-7,11,13H,2-3,8-10,12H2,1H3,(H,23,26). The number of hydrogen-bond acceptors (Lipinski definition) is 7. The summed E-state index contributed by atoms with van der Waals surface area (Å²) in [6, 6.07) is 8.02. The molecule has 1 N–H and O–H groups in total. The summed E-state index contributed by atoms with van der Waals surface area (Å²) in [5.74, 6) is -0.304. The molecular weight excluding hydrogens is 404 g/mol. The van der Waals surface area contributed by atoms with Crippen LogP contribution in [0.1, 0.15) is 66.0 Å². The lowest BCUT2D eigenvalue weighted by Crippen LogP contribution is -2.17. The van der Waals surface area contributed by atoms with Crippen LogP contribution in [-0.4, -0.2) is 26.5 Å². The molecule has 4 rings (SSSR count). The van der Waals surface area contributed by atoms with E-state index in [9.17, 15) is 14.4 Å².